The molecule has 0 aromatic carbocycles. The van der Waals surface area contributed by atoms with Gasteiger partial charge in [-0.15, -0.1) is 0 Å². The van der Waals surface area contributed by atoms with Crippen molar-refractivity contribution in [2.24, 2.45) is 23.2 Å². The molecule has 3 amide bonds. The van der Waals surface area contributed by atoms with E-state index in [-0.39, 0.29) is 37.0 Å². The molecule has 0 aromatic rings. The minimum absolute atomic E-state index is 0.0267. The molecule has 4 aliphatic carbocycles. The smallest absolute Gasteiger partial charge is 0.315 e. The first-order chi connectivity index (χ1) is 12.8. The summed E-state index contributed by atoms with van der Waals surface area (Å²) in [4.78, 5) is 37.6. The number of urea groups is 1. The lowest BCUT2D eigenvalue weighted by atomic mass is 9.53. The molecular formula is C20H31N3O4. The van der Waals surface area contributed by atoms with Crippen LogP contribution in [0, 0.1) is 23.2 Å². The number of rotatable bonds is 5. The maximum Gasteiger partial charge on any atom is 0.315 e. The third-order valence-electron chi connectivity index (χ3n) is 7.38. The standard InChI is InChI=1S/C20H31N3O4/c1-19(17(25)26)3-5-23(12-19)16(24)2-4-21-18(27)22-20-9-13-6-14(10-20)8-15(7-13)11-20/h13-15H,2-12H2,1H3,(H,25,26)(H2,21,22,27). The minimum Gasteiger partial charge on any atom is -0.481 e. The molecule has 4 saturated carbocycles. The first-order valence-electron chi connectivity index (χ1n) is 10.3. The molecule has 0 spiro atoms. The SMILES string of the molecule is CC1(C(=O)O)CCN(C(=O)CCNC(=O)NC23CC4CC(CC(C4)C2)C3)C1. The van der Waals surface area contributed by atoms with Gasteiger partial charge in [-0.25, -0.2) is 4.79 Å². The summed E-state index contributed by atoms with van der Waals surface area (Å²) in [6, 6.07) is -0.165. The zero-order valence-electron chi connectivity index (χ0n) is 16.1. The Kier molecular flexibility index (Phi) is 4.59. The Balaban J connectivity index is 1.21. The molecule has 7 heteroatoms. The van der Waals surface area contributed by atoms with Crippen molar-refractivity contribution in [1.29, 1.82) is 0 Å². The van der Waals surface area contributed by atoms with Gasteiger partial charge >= 0.3 is 12.0 Å². The molecule has 1 atom stereocenters. The van der Waals surface area contributed by atoms with Crippen LogP contribution in [0.3, 0.4) is 0 Å². The van der Waals surface area contributed by atoms with E-state index in [0.717, 1.165) is 37.0 Å². The molecule has 1 saturated heterocycles. The van der Waals surface area contributed by atoms with Crippen LogP contribution in [0.2, 0.25) is 0 Å². The van der Waals surface area contributed by atoms with Gasteiger partial charge in [0.05, 0.1) is 5.41 Å². The number of nitrogens with zero attached hydrogens (tertiary/aromatic N) is 1. The van der Waals surface area contributed by atoms with E-state index in [0.29, 0.717) is 13.0 Å². The van der Waals surface area contributed by atoms with Crippen molar-refractivity contribution in [3.05, 3.63) is 0 Å². The monoisotopic (exact) mass is 377 g/mol. The van der Waals surface area contributed by atoms with Crippen LogP contribution < -0.4 is 10.6 Å². The number of carboxylic acids is 1. The van der Waals surface area contributed by atoms with Gasteiger partial charge in [0.15, 0.2) is 0 Å². The summed E-state index contributed by atoms with van der Waals surface area (Å²) in [5, 5.41) is 15.4. The highest BCUT2D eigenvalue weighted by molar-refractivity contribution is 5.81. The molecule has 1 aliphatic heterocycles. The first kappa shape index (κ1) is 18.6. The topological polar surface area (TPSA) is 98.7 Å². The van der Waals surface area contributed by atoms with E-state index in [1.807, 2.05) is 0 Å². The van der Waals surface area contributed by atoms with Crippen LogP contribution in [-0.2, 0) is 9.59 Å². The lowest BCUT2D eigenvalue weighted by Crippen LogP contribution is -2.61. The fourth-order valence-corrected chi connectivity index (χ4v) is 6.34. The van der Waals surface area contributed by atoms with Crippen LogP contribution in [0.25, 0.3) is 0 Å². The van der Waals surface area contributed by atoms with Gasteiger partial charge in [0.2, 0.25) is 5.91 Å². The zero-order chi connectivity index (χ0) is 19.2. The summed E-state index contributed by atoms with van der Waals surface area (Å²) in [7, 11) is 0. The molecule has 0 radical (unpaired) electrons. The van der Waals surface area contributed by atoms with E-state index in [4.69, 9.17) is 0 Å². The number of likely N-dealkylation sites (tertiary alicyclic amines) is 1. The summed E-state index contributed by atoms with van der Waals surface area (Å²) in [5.74, 6) is 1.38. The van der Waals surface area contributed by atoms with E-state index in [1.54, 1.807) is 11.8 Å². The Bertz CT molecular complexity index is 614. The fourth-order valence-electron chi connectivity index (χ4n) is 6.34. The van der Waals surface area contributed by atoms with Crippen molar-refractivity contribution < 1.29 is 19.5 Å². The summed E-state index contributed by atoms with van der Waals surface area (Å²) in [5.41, 5.74) is -0.875. The third kappa shape index (κ3) is 3.65. The normalized spacial score (nSPS) is 39.4. The molecule has 1 heterocycles. The van der Waals surface area contributed by atoms with E-state index < -0.39 is 11.4 Å². The highest BCUT2D eigenvalue weighted by Gasteiger charge is 2.51. The van der Waals surface area contributed by atoms with Crippen LogP contribution >= 0.6 is 0 Å². The van der Waals surface area contributed by atoms with Crippen molar-refractivity contribution in [3.8, 4) is 0 Å². The molecule has 7 nitrogen and oxygen atoms in total. The van der Waals surface area contributed by atoms with Gasteiger partial charge in [0, 0.05) is 31.6 Å². The Morgan fingerprint density at radius 2 is 1.67 bits per heavy atom. The zero-order valence-corrected chi connectivity index (χ0v) is 16.1. The Hall–Kier alpha value is -1.79. The second-order valence-corrected chi connectivity index (χ2v) is 9.76. The fraction of sp³-hybridized carbons (Fsp3) is 0.850. The Morgan fingerprint density at radius 1 is 1.07 bits per heavy atom. The van der Waals surface area contributed by atoms with Gasteiger partial charge < -0.3 is 20.6 Å². The van der Waals surface area contributed by atoms with Gasteiger partial charge in [0.1, 0.15) is 0 Å². The number of carbonyl (C=O) groups is 3. The lowest BCUT2D eigenvalue weighted by Gasteiger charge is -2.56. The largest absolute Gasteiger partial charge is 0.481 e. The maximum absolute atomic E-state index is 12.4. The maximum atomic E-state index is 12.4. The van der Waals surface area contributed by atoms with Crippen molar-refractivity contribution >= 4 is 17.9 Å². The Morgan fingerprint density at radius 3 is 2.19 bits per heavy atom. The van der Waals surface area contributed by atoms with E-state index in [2.05, 4.69) is 10.6 Å². The molecule has 5 rings (SSSR count). The summed E-state index contributed by atoms with van der Waals surface area (Å²) >= 11 is 0. The average Bonchev–Trinajstić information content (AvgIpc) is 2.97. The summed E-state index contributed by atoms with van der Waals surface area (Å²) in [6.45, 7) is 2.69. The molecule has 5 fully saturated rings. The summed E-state index contributed by atoms with van der Waals surface area (Å²) in [6.07, 6.45) is 8.01. The van der Waals surface area contributed by atoms with Crippen LogP contribution in [0.5, 0.6) is 0 Å². The number of amides is 3. The second-order valence-electron chi connectivity index (χ2n) is 9.76. The van der Waals surface area contributed by atoms with Gasteiger partial charge in [0.25, 0.3) is 0 Å². The van der Waals surface area contributed by atoms with Crippen molar-refractivity contribution in [1.82, 2.24) is 15.5 Å². The van der Waals surface area contributed by atoms with E-state index in [9.17, 15) is 19.5 Å². The van der Waals surface area contributed by atoms with Crippen LogP contribution in [0.1, 0.15) is 58.3 Å². The number of hydrogen-bond donors (Lipinski definition) is 3. The second kappa shape index (κ2) is 6.67. The van der Waals surface area contributed by atoms with Crippen LogP contribution in [0.15, 0.2) is 0 Å². The minimum atomic E-state index is -0.856. The molecule has 150 valence electrons. The van der Waals surface area contributed by atoms with Gasteiger partial charge in [-0.2, -0.15) is 0 Å². The van der Waals surface area contributed by atoms with Gasteiger partial charge in [-0.3, -0.25) is 9.59 Å². The lowest BCUT2D eigenvalue weighted by molar-refractivity contribution is -0.147. The van der Waals surface area contributed by atoms with Crippen molar-refractivity contribution in [2.45, 2.75) is 63.8 Å². The summed E-state index contributed by atoms with van der Waals surface area (Å²) < 4.78 is 0. The third-order valence-corrected chi connectivity index (χ3v) is 7.38. The quantitative estimate of drug-likeness (QED) is 0.682. The number of aliphatic carboxylic acids is 1. The number of hydrogen-bond acceptors (Lipinski definition) is 3. The molecule has 0 aromatic heterocycles. The molecule has 5 aliphatic rings. The Labute approximate surface area is 160 Å². The first-order valence-corrected chi connectivity index (χ1v) is 10.3. The predicted octanol–water partition coefficient (Wildman–Crippen LogP) is 1.97. The van der Waals surface area contributed by atoms with Crippen molar-refractivity contribution in [2.75, 3.05) is 19.6 Å². The number of carboxylic acid groups (broad SMARTS) is 1. The highest BCUT2D eigenvalue weighted by Crippen LogP contribution is 2.55. The predicted molar refractivity (Wildman–Crippen MR) is 99.0 cm³/mol. The van der Waals surface area contributed by atoms with E-state index in [1.165, 1.54) is 19.3 Å². The molecule has 3 N–H and O–H groups in total. The molecule has 4 bridgehead atoms. The molecule has 27 heavy (non-hydrogen) atoms. The van der Waals surface area contributed by atoms with Crippen molar-refractivity contribution in [3.63, 3.8) is 0 Å². The number of nitrogens with one attached hydrogen (secondary N) is 2. The molecular weight excluding hydrogens is 346 g/mol. The number of carbonyl (C=O) groups excluding carboxylic acids is 2. The van der Waals surface area contributed by atoms with Crippen LogP contribution in [-0.4, -0.2) is 53.1 Å². The van der Waals surface area contributed by atoms with E-state index >= 15 is 0 Å². The average molecular weight is 377 g/mol. The van der Waals surface area contributed by atoms with Gasteiger partial charge in [-0.1, -0.05) is 0 Å². The molecule has 1 unspecified atom stereocenters. The highest BCUT2D eigenvalue weighted by atomic mass is 16.4. The van der Waals surface area contributed by atoms with Crippen LogP contribution in [0.4, 0.5) is 4.79 Å². The van der Waals surface area contributed by atoms with Gasteiger partial charge in [-0.05, 0) is 69.6 Å².